The lowest BCUT2D eigenvalue weighted by atomic mass is 9.97. The number of hydrogen-bond acceptors (Lipinski definition) is 2. The molecule has 5 heteroatoms. The maximum Gasteiger partial charge on any atom is 0.310 e. The molecule has 0 bridgehead atoms. The van der Waals surface area contributed by atoms with Crippen molar-refractivity contribution in [3.05, 3.63) is 65.5 Å². The van der Waals surface area contributed by atoms with Gasteiger partial charge < -0.3 is 10.4 Å². The van der Waals surface area contributed by atoms with Gasteiger partial charge in [0.2, 0.25) is 5.91 Å². The Hall–Kier alpha value is -2.69. The number of rotatable bonds is 6. The molecular formula is C19H20FNO3. The van der Waals surface area contributed by atoms with Crippen LogP contribution in [-0.4, -0.2) is 17.0 Å². The Morgan fingerprint density at radius 2 is 1.54 bits per heavy atom. The van der Waals surface area contributed by atoms with Crippen molar-refractivity contribution in [2.45, 2.75) is 32.1 Å². The Morgan fingerprint density at radius 3 is 2.08 bits per heavy atom. The second-order valence-corrected chi connectivity index (χ2v) is 5.89. The van der Waals surface area contributed by atoms with Crippen molar-refractivity contribution in [2.75, 3.05) is 5.32 Å². The summed E-state index contributed by atoms with van der Waals surface area (Å²) in [4.78, 5) is 23.1. The Balaban J connectivity index is 1.94. The van der Waals surface area contributed by atoms with Crippen molar-refractivity contribution >= 4 is 17.6 Å². The molecule has 2 atom stereocenters. The van der Waals surface area contributed by atoms with E-state index in [1.807, 2.05) is 6.92 Å². The number of nitrogens with one attached hydrogen (secondary N) is 1. The first-order chi connectivity index (χ1) is 11.4. The van der Waals surface area contributed by atoms with Gasteiger partial charge in [-0.05, 0) is 48.2 Å². The number of carbonyl (C=O) groups excluding carboxylic acids is 1. The van der Waals surface area contributed by atoms with Gasteiger partial charge in [-0.1, -0.05) is 31.2 Å². The van der Waals surface area contributed by atoms with Crippen LogP contribution in [0.1, 0.15) is 43.2 Å². The maximum absolute atomic E-state index is 12.9. The van der Waals surface area contributed by atoms with E-state index < -0.39 is 11.9 Å². The van der Waals surface area contributed by atoms with E-state index in [4.69, 9.17) is 5.11 Å². The van der Waals surface area contributed by atoms with E-state index in [0.29, 0.717) is 11.3 Å². The fraction of sp³-hybridized carbons (Fsp3) is 0.263. The fourth-order valence-electron chi connectivity index (χ4n) is 2.40. The Morgan fingerprint density at radius 1 is 1.00 bits per heavy atom. The zero-order valence-electron chi connectivity index (χ0n) is 13.6. The fourth-order valence-corrected chi connectivity index (χ4v) is 2.40. The third kappa shape index (κ3) is 4.65. The van der Waals surface area contributed by atoms with Crippen molar-refractivity contribution in [1.29, 1.82) is 0 Å². The highest BCUT2D eigenvalue weighted by Gasteiger charge is 2.14. The predicted octanol–water partition coefficient (Wildman–Crippen LogP) is 4.15. The summed E-state index contributed by atoms with van der Waals surface area (Å²) in [5.41, 5.74) is 2.20. The highest BCUT2D eigenvalue weighted by atomic mass is 19.1. The molecule has 126 valence electrons. The van der Waals surface area contributed by atoms with Crippen molar-refractivity contribution in [1.82, 2.24) is 0 Å². The molecule has 2 aromatic rings. The molecule has 2 unspecified atom stereocenters. The molecular weight excluding hydrogens is 309 g/mol. The Bertz CT molecular complexity index is 710. The highest BCUT2D eigenvalue weighted by Crippen LogP contribution is 2.21. The third-order valence-electron chi connectivity index (χ3n) is 4.00. The van der Waals surface area contributed by atoms with Gasteiger partial charge >= 0.3 is 5.97 Å². The monoisotopic (exact) mass is 329 g/mol. The van der Waals surface area contributed by atoms with Gasteiger partial charge in [-0.15, -0.1) is 0 Å². The number of carboxylic acids is 1. The summed E-state index contributed by atoms with van der Waals surface area (Å²) in [5, 5.41) is 11.8. The third-order valence-corrected chi connectivity index (χ3v) is 4.00. The quantitative estimate of drug-likeness (QED) is 0.837. The van der Waals surface area contributed by atoms with Crippen LogP contribution in [0, 0.1) is 5.82 Å². The van der Waals surface area contributed by atoms with Gasteiger partial charge in [-0.3, -0.25) is 9.59 Å². The molecule has 24 heavy (non-hydrogen) atoms. The number of hydrogen-bond donors (Lipinski definition) is 2. The van der Waals surface area contributed by atoms with Gasteiger partial charge in [0, 0.05) is 12.1 Å². The number of anilines is 1. The lowest BCUT2D eigenvalue weighted by Crippen LogP contribution is -2.14. The van der Waals surface area contributed by atoms with Gasteiger partial charge in [-0.25, -0.2) is 4.39 Å². The summed E-state index contributed by atoms with van der Waals surface area (Å²) >= 11 is 0. The smallest absolute Gasteiger partial charge is 0.310 e. The lowest BCUT2D eigenvalue weighted by Gasteiger charge is -2.13. The first kappa shape index (κ1) is 17.7. The second kappa shape index (κ2) is 7.73. The summed E-state index contributed by atoms with van der Waals surface area (Å²) in [7, 11) is 0. The summed E-state index contributed by atoms with van der Waals surface area (Å²) in [6, 6.07) is 12.9. The molecule has 0 saturated heterocycles. The van der Waals surface area contributed by atoms with Crippen molar-refractivity contribution in [3.63, 3.8) is 0 Å². The van der Waals surface area contributed by atoms with Gasteiger partial charge in [0.15, 0.2) is 0 Å². The van der Waals surface area contributed by atoms with Crippen LogP contribution in [0.3, 0.4) is 0 Å². The van der Waals surface area contributed by atoms with E-state index in [1.54, 1.807) is 43.3 Å². The van der Waals surface area contributed by atoms with Crippen LogP contribution in [0.25, 0.3) is 0 Å². The number of aliphatic carboxylic acids is 1. The van der Waals surface area contributed by atoms with Gasteiger partial charge in [0.25, 0.3) is 0 Å². The molecule has 0 aliphatic rings. The van der Waals surface area contributed by atoms with Gasteiger partial charge in [-0.2, -0.15) is 0 Å². The molecule has 1 amide bonds. The number of carbonyl (C=O) groups is 2. The van der Waals surface area contributed by atoms with Crippen LogP contribution in [-0.2, 0) is 9.59 Å². The van der Waals surface area contributed by atoms with Gasteiger partial charge in [0.1, 0.15) is 5.82 Å². The molecule has 2 aromatic carbocycles. The summed E-state index contributed by atoms with van der Waals surface area (Å²) in [6.07, 6.45) is 0.277. The molecule has 0 spiro atoms. The minimum absolute atomic E-state index is 0.0306. The predicted molar refractivity (Wildman–Crippen MR) is 90.6 cm³/mol. The largest absolute Gasteiger partial charge is 0.481 e. The Labute approximate surface area is 140 Å². The summed E-state index contributed by atoms with van der Waals surface area (Å²) in [6.45, 7) is 3.52. The van der Waals surface area contributed by atoms with Crippen LogP contribution in [0.2, 0.25) is 0 Å². The minimum Gasteiger partial charge on any atom is -0.481 e. The summed E-state index contributed by atoms with van der Waals surface area (Å²) < 4.78 is 12.9. The topological polar surface area (TPSA) is 66.4 Å². The number of benzene rings is 2. The van der Waals surface area contributed by atoms with Gasteiger partial charge in [0.05, 0.1) is 5.92 Å². The van der Waals surface area contributed by atoms with E-state index >= 15 is 0 Å². The van der Waals surface area contributed by atoms with Crippen molar-refractivity contribution in [3.8, 4) is 0 Å². The number of carboxylic acid groups (broad SMARTS) is 1. The SMILES string of the molecule is CC(CC(=O)Nc1ccc(C(C)C(=O)O)cc1)c1ccc(F)cc1. The van der Waals surface area contributed by atoms with E-state index in [1.165, 1.54) is 12.1 Å². The molecule has 0 saturated carbocycles. The number of halogens is 1. The van der Waals surface area contributed by atoms with Crippen LogP contribution in [0.5, 0.6) is 0 Å². The maximum atomic E-state index is 12.9. The highest BCUT2D eigenvalue weighted by molar-refractivity contribution is 5.91. The molecule has 0 heterocycles. The Kier molecular flexibility index (Phi) is 5.68. The molecule has 2 N–H and O–H groups in total. The number of amides is 1. The molecule has 0 aliphatic heterocycles. The zero-order valence-corrected chi connectivity index (χ0v) is 13.6. The van der Waals surface area contributed by atoms with E-state index in [2.05, 4.69) is 5.32 Å². The van der Waals surface area contributed by atoms with Crippen molar-refractivity contribution < 1.29 is 19.1 Å². The van der Waals surface area contributed by atoms with E-state index in [9.17, 15) is 14.0 Å². The molecule has 0 aliphatic carbocycles. The molecule has 0 fully saturated rings. The minimum atomic E-state index is -0.889. The molecule has 0 aromatic heterocycles. The molecule has 4 nitrogen and oxygen atoms in total. The first-order valence-corrected chi connectivity index (χ1v) is 7.75. The summed E-state index contributed by atoms with van der Waals surface area (Å²) in [5.74, 6) is -1.96. The van der Waals surface area contributed by atoms with Crippen LogP contribution in [0.15, 0.2) is 48.5 Å². The van der Waals surface area contributed by atoms with Crippen LogP contribution in [0.4, 0.5) is 10.1 Å². The molecule has 0 radical (unpaired) electrons. The second-order valence-electron chi connectivity index (χ2n) is 5.89. The first-order valence-electron chi connectivity index (χ1n) is 7.75. The van der Waals surface area contributed by atoms with Crippen LogP contribution < -0.4 is 5.32 Å². The average Bonchev–Trinajstić information content (AvgIpc) is 2.55. The van der Waals surface area contributed by atoms with E-state index in [0.717, 1.165) is 5.56 Å². The van der Waals surface area contributed by atoms with Crippen molar-refractivity contribution in [2.24, 2.45) is 0 Å². The standard InChI is InChI=1S/C19H20FNO3/c1-12(14-3-7-16(20)8-4-14)11-18(22)21-17-9-5-15(6-10-17)13(2)19(23)24/h3-10,12-13H,11H2,1-2H3,(H,21,22)(H,23,24). The lowest BCUT2D eigenvalue weighted by molar-refractivity contribution is -0.138. The zero-order chi connectivity index (χ0) is 17.7. The van der Waals surface area contributed by atoms with Crippen LogP contribution >= 0.6 is 0 Å². The van der Waals surface area contributed by atoms with E-state index in [-0.39, 0.29) is 24.1 Å². The normalized spacial score (nSPS) is 13.1. The average molecular weight is 329 g/mol. The molecule has 2 rings (SSSR count).